The molecule has 3 nitrogen and oxygen atoms in total. The molecule has 0 bridgehead atoms. The van der Waals surface area contributed by atoms with Gasteiger partial charge < -0.3 is 10.4 Å². The largest absolute Gasteiger partial charge is 0.416 e. The number of hydrogen-bond acceptors (Lipinski definition) is 2. The fourth-order valence-corrected chi connectivity index (χ4v) is 3.57. The highest BCUT2D eigenvalue weighted by Gasteiger charge is 2.44. The normalized spacial score (nSPS) is 30.0. The highest BCUT2D eigenvalue weighted by Crippen LogP contribution is 2.48. The SMILES string of the molecule is O=C(NC1CCC(CO)CC1)C1CC1c1ccc(C(F)(F)F)cc1. The van der Waals surface area contributed by atoms with Crippen LogP contribution in [0.5, 0.6) is 0 Å². The summed E-state index contributed by atoms with van der Waals surface area (Å²) in [6.45, 7) is 0.208. The van der Waals surface area contributed by atoms with Crippen LogP contribution < -0.4 is 5.32 Å². The van der Waals surface area contributed by atoms with Gasteiger partial charge in [-0.1, -0.05) is 12.1 Å². The lowest BCUT2D eigenvalue weighted by Gasteiger charge is -2.28. The molecule has 2 aliphatic carbocycles. The molecule has 132 valence electrons. The third-order valence-electron chi connectivity index (χ3n) is 5.24. The molecule has 1 amide bonds. The summed E-state index contributed by atoms with van der Waals surface area (Å²) in [7, 11) is 0. The molecule has 2 saturated carbocycles. The van der Waals surface area contributed by atoms with Crippen LogP contribution in [0.1, 0.15) is 49.1 Å². The predicted molar refractivity (Wildman–Crippen MR) is 83.3 cm³/mol. The molecule has 0 spiro atoms. The number of nitrogens with one attached hydrogen (secondary N) is 1. The van der Waals surface area contributed by atoms with Crippen molar-refractivity contribution in [1.82, 2.24) is 5.32 Å². The number of alkyl halides is 3. The van der Waals surface area contributed by atoms with Gasteiger partial charge in [0.25, 0.3) is 0 Å². The molecular formula is C18H22F3NO2. The molecule has 0 aromatic heterocycles. The standard InChI is InChI=1S/C18H22F3NO2/c19-18(20,21)13-5-3-12(4-6-13)15-9-16(15)17(24)22-14-7-1-11(10-23)2-8-14/h3-6,11,14-16,23H,1-2,7-10H2,(H,22,24). The van der Waals surface area contributed by atoms with Gasteiger partial charge in [0.15, 0.2) is 0 Å². The number of rotatable bonds is 4. The van der Waals surface area contributed by atoms with Crippen molar-refractivity contribution in [3.63, 3.8) is 0 Å². The van der Waals surface area contributed by atoms with Crippen LogP contribution in [-0.4, -0.2) is 23.7 Å². The molecule has 24 heavy (non-hydrogen) atoms. The van der Waals surface area contributed by atoms with E-state index in [1.807, 2.05) is 0 Å². The number of benzene rings is 1. The Balaban J connectivity index is 1.51. The van der Waals surface area contributed by atoms with E-state index in [0.717, 1.165) is 43.4 Å². The molecule has 2 unspecified atom stereocenters. The highest BCUT2D eigenvalue weighted by atomic mass is 19.4. The lowest BCUT2D eigenvalue weighted by molar-refractivity contribution is -0.137. The molecule has 6 heteroatoms. The van der Waals surface area contributed by atoms with Gasteiger partial charge in [-0.05, 0) is 61.6 Å². The minimum Gasteiger partial charge on any atom is -0.396 e. The summed E-state index contributed by atoms with van der Waals surface area (Å²) in [5, 5.41) is 12.2. The molecule has 1 aromatic carbocycles. The van der Waals surface area contributed by atoms with Crippen LogP contribution in [0.4, 0.5) is 13.2 Å². The first-order chi connectivity index (χ1) is 11.4. The summed E-state index contributed by atoms with van der Waals surface area (Å²) in [5.41, 5.74) is 0.140. The molecule has 2 aliphatic rings. The van der Waals surface area contributed by atoms with Gasteiger partial charge >= 0.3 is 6.18 Å². The summed E-state index contributed by atoms with van der Waals surface area (Å²) < 4.78 is 37.7. The first kappa shape index (κ1) is 17.3. The Labute approximate surface area is 139 Å². The molecule has 1 aromatic rings. The molecule has 0 radical (unpaired) electrons. The maximum absolute atomic E-state index is 12.6. The molecule has 0 aliphatic heterocycles. The minimum atomic E-state index is -4.33. The van der Waals surface area contributed by atoms with Crippen molar-refractivity contribution in [3.05, 3.63) is 35.4 Å². The molecule has 2 atom stereocenters. The minimum absolute atomic E-state index is 0.00680. The lowest BCUT2D eigenvalue weighted by Crippen LogP contribution is -2.39. The van der Waals surface area contributed by atoms with E-state index >= 15 is 0 Å². The first-order valence-corrected chi connectivity index (χ1v) is 8.47. The molecule has 2 fully saturated rings. The molecule has 0 saturated heterocycles. The maximum Gasteiger partial charge on any atom is 0.416 e. The number of halogens is 3. The second kappa shape index (κ2) is 6.75. The van der Waals surface area contributed by atoms with Crippen molar-refractivity contribution >= 4 is 5.91 Å². The predicted octanol–water partition coefficient (Wildman–Crippen LogP) is 3.48. The quantitative estimate of drug-likeness (QED) is 0.881. The van der Waals surface area contributed by atoms with Gasteiger partial charge in [-0.3, -0.25) is 4.79 Å². The van der Waals surface area contributed by atoms with Crippen molar-refractivity contribution in [2.45, 2.75) is 50.2 Å². The average Bonchev–Trinajstić information content (AvgIpc) is 3.36. The van der Waals surface area contributed by atoms with Crippen LogP contribution in [0.25, 0.3) is 0 Å². The van der Waals surface area contributed by atoms with Gasteiger partial charge in [-0.2, -0.15) is 13.2 Å². The fourth-order valence-electron chi connectivity index (χ4n) is 3.57. The van der Waals surface area contributed by atoms with Gasteiger partial charge in [0.2, 0.25) is 5.91 Å². The van der Waals surface area contributed by atoms with Crippen LogP contribution in [0.2, 0.25) is 0 Å². The molecular weight excluding hydrogens is 319 g/mol. The van der Waals surface area contributed by atoms with Crippen LogP contribution in [0.15, 0.2) is 24.3 Å². The van der Waals surface area contributed by atoms with Crippen molar-refractivity contribution in [1.29, 1.82) is 0 Å². The summed E-state index contributed by atoms with van der Waals surface area (Å²) in [5.74, 6) is 0.254. The number of aliphatic hydroxyl groups is 1. The molecule has 0 heterocycles. The van der Waals surface area contributed by atoms with Gasteiger partial charge in [0.05, 0.1) is 5.56 Å². The Morgan fingerprint density at radius 2 is 1.75 bits per heavy atom. The van der Waals surface area contributed by atoms with Crippen molar-refractivity contribution in [2.75, 3.05) is 6.61 Å². The van der Waals surface area contributed by atoms with E-state index in [2.05, 4.69) is 5.32 Å². The molecule has 3 rings (SSSR count). The van der Waals surface area contributed by atoms with Crippen molar-refractivity contribution in [2.24, 2.45) is 11.8 Å². The number of aliphatic hydroxyl groups excluding tert-OH is 1. The van der Waals surface area contributed by atoms with Crippen LogP contribution in [-0.2, 0) is 11.0 Å². The van der Waals surface area contributed by atoms with Crippen molar-refractivity contribution < 1.29 is 23.1 Å². The number of hydrogen-bond donors (Lipinski definition) is 2. The zero-order valence-corrected chi connectivity index (χ0v) is 13.4. The summed E-state index contributed by atoms with van der Waals surface area (Å²) >= 11 is 0. The lowest BCUT2D eigenvalue weighted by atomic mass is 9.86. The van der Waals surface area contributed by atoms with E-state index in [-0.39, 0.29) is 30.4 Å². The number of carbonyl (C=O) groups excluding carboxylic acids is 1. The van der Waals surface area contributed by atoms with Gasteiger partial charge in [-0.25, -0.2) is 0 Å². The topological polar surface area (TPSA) is 49.3 Å². The Bertz CT molecular complexity index is 577. The maximum atomic E-state index is 12.6. The van der Waals surface area contributed by atoms with Gasteiger partial charge in [0.1, 0.15) is 0 Å². The van der Waals surface area contributed by atoms with Gasteiger partial charge in [0, 0.05) is 18.6 Å². The Morgan fingerprint density at radius 3 is 2.29 bits per heavy atom. The van der Waals surface area contributed by atoms with Crippen LogP contribution >= 0.6 is 0 Å². The second-order valence-electron chi connectivity index (χ2n) is 6.98. The molecule has 2 N–H and O–H groups in total. The average molecular weight is 341 g/mol. The Kier molecular flexibility index (Phi) is 4.85. The number of amides is 1. The smallest absolute Gasteiger partial charge is 0.396 e. The third-order valence-corrected chi connectivity index (χ3v) is 5.24. The Hall–Kier alpha value is -1.56. The number of carbonyl (C=O) groups is 1. The van der Waals surface area contributed by atoms with E-state index in [4.69, 9.17) is 5.11 Å². The van der Waals surface area contributed by atoms with Crippen LogP contribution in [0.3, 0.4) is 0 Å². The highest BCUT2D eigenvalue weighted by molar-refractivity contribution is 5.83. The van der Waals surface area contributed by atoms with E-state index in [0.29, 0.717) is 12.3 Å². The first-order valence-electron chi connectivity index (χ1n) is 8.47. The zero-order chi connectivity index (χ0) is 17.3. The summed E-state index contributed by atoms with van der Waals surface area (Å²) in [6.07, 6.45) is -0.0123. The summed E-state index contributed by atoms with van der Waals surface area (Å²) in [6, 6.07) is 5.28. The van der Waals surface area contributed by atoms with E-state index < -0.39 is 11.7 Å². The van der Waals surface area contributed by atoms with Crippen LogP contribution in [0, 0.1) is 11.8 Å². The monoisotopic (exact) mass is 341 g/mol. The second-order valence-corrected chi connectivity index (χ2v) is 6.98. The van der Waals surface area contributed by atoms with Crippen molar-refractivity contribution in [3.8, 4) is 0 Å². The fraction of sp³-hybridized carbons (Fsp3) is 0.611. The van der Waals surface area contributed by atoms with E-state index in [1.165, 1.54) is 12.1 Å². The Morgan fingerprint density at radius 1 is 1.12 bits per heavy atom. The zero-order valence-electron chi connectivity index (χ0n) is 13.4. The summed E-state index contributed by atoms with van der Waals surface area (Å²) in [4.78, 5) is 12.3. The van der Waals surface area contributed by atoms with E-state index in [1.54, 1.807) is 0 Å². The van der Waals surface area contributed by atoms with Gasteiger partial charge in [-0.15, -0.1) is 0 Å². The third kappa shape index (κ3) is 3.91. The van der Waals surface area contributed by atoms with E-state index in [9.17, 15) is 18.0 Å².